The number of hydrogen-bond donors (Lipinski definition) is 1. The lowest BCUT2D eigenvalue weighted by Gasteiger charge is -2.08. The molecule has 0 unspecified atom stereocenters. The van der Waals surface area contributed by atoms with E-state index in [1.165, 1.54) is 24.1 Å². The highest BCUT2D eigenvalue weighted by atomic mass is 79.9. The molecule has 1 heterocycles. The number of aromatic nitrogens is 2. The largest absolute Gasteiger partial charge is 0.308 e. The summed E-state index contributed by atoms with van der Waals surface area (Å²) in [4.78, 5) is 0. The highest BCUT2D eigenvalue weighted by molar-refractivity contribution is 9.10. The summed E-state index contributed by atoms with van der Waals surface area (Å²) in [6.07, 6.45) is 4.52. The Hall–Kier alpha value is -1.13. The van der Waals surface area contributed by atoms with Crippen LogP contribution in [0.5, 0.6) is 0 Å². The molecule has 1 aromatic heterocycles. The van der Waals surface area contributed by atoms with Gasteiger partial charge in [-0.2, -0.15) is 5.10 Å². The summed E-state index contributed by atoms with van der Waals surface area (Å²) in [5.74, 6) is 0. The van der Waals surface area contributed by atoms with Crippen LogP contribution in [-0.4, -0.2) is 15.8 Å². The zero-order chi connectivity index (χ0) is 12.4. The van der Waals surface area contributed by atoms with Crippen molar-refractivity contribution >= 4 is 15.9 Å². The minimum absolute atomic E-state index is 0.735. The summed E-state index contributed by atoms with van der Waals surface area (Å²) in [7, 11) is 0. The maximum absolute atomic E-state index is 4.40. The smallest absolute Gasteiger partial charge is 0.0663 e. The Morgan fingerprint density at radius 2 is 2.22 bits per heavy atom. The van der Waals surface area contributed by atoms with Crippen molar-refractivity contribution in [1.29, 1.82) is 0 Å². The van der Waals surface area contributed by atoms with Crippen LogP contribution in [0.4, 0.5) is 0 Å². The van der Waals surface area contributed by atoms with Crippen LogP contribution in [0.3, 0.4) is 0 Å². The number of halogens is 1. The topological polar surface area (TPSA) is 29.9 Å². The molecule has 94 valence electrons. The molecule has 2 aromatic rings. The number of nitrogens with zero attached hydrogens (tertiary/aromatic N) is 2. The van der Waals surface area contributed by atoms with E-state index >= 15 is 0 Å². The van der Waals surface area contributed by atoms with E-state index < -0.39 is 0 Å². The average Bonchev–Trinajstić information content (AvgIpc) is 3.08. The molecular weight excluding hydrogens is 290 g/mol. The fourth-order valence-corrected chi connectivity index (χ4v) is 2.44. The van der Waals surface area contributed by atoms with Crippen molar-refractivity contribution in [1.82, 2.24) is 15.1 Å². The van der Waals surface area contributed by atoms with Crippen molar-refractivity contribution in [2.75, 3.05) is 0 Å². The van der Waals surface area contributed by atoms with Crippen LogP contribution in [0.25, 0.3) is 0 Å². The van der Waals surface area contributed by atoms with E-state index in [-0.39, 0.29) is 0 Å². The molecule has 3 rings (SSSR count). The maximum atomic E-state index is 4.40. The van der Waals surface area contributed by atoms with Gasteiger partial charge in [-0.15, -0.1) is 0 Å². The molecule has 0 aliphatic heterocycles. The Bertz CT molecular complexity index is 531. The monoisotopic (exact) mass is 305 g/mol. The minimum Gasteiger partial charge on any atom is -0.308 e. The fourth-order valence-electron chi connectivity index (χ4n) is 2.00. The molecule has 18 heavy (non-hydrogen) atoms. The molecule has 0 radical (unpaired) electrons. The van der Waals surface area contributed by atoms with Gasteiger partial charge in [-0.1, -0.05) is 28.1 Å². The van der Waals surface area contributed by atoms with Gasteiger partial charge in [0.2, 0.25) is 0 Å². The van der Waals surface area contributed by atoms with Gasteiger partial charge in [-0.05, 0) is 36.6 Å². The van der Waals surface area contributed by atoms with Gasteiger partial charge >= 0.3 is 0 Å². The van der Waals surface area contributed by atoms with Crippen molar-refractivity contribution < 1.29 is 0 Å². The molecular formula is C14H16BrN3. The van der Waals surface area contributed by atoms with E-state index in [1.807, 2.05) is 12.3 Å². The van der Waals surface area contributed by atoms with E-state index in [2.05, 4.69) is 55.3 Å². The summed E-state index contributed by atoms with van der Waals surface area (Å²) in [5.41, 5.74) is 2.52. The molecule has 0 saturated heterocycles. The highest BCUT2D eigenvalue weighted by Crippen LogP contribution is 2.19. The minimum atomic E-state index is 0.735. The summed E-state index contributed by atoms with van der Waals surface area (Å²) >= 11 is 3.50. The molecule has 1 saturated carbocycles. The van der Waals surface area contributed by atoms with E-state index in [1.54, 1.807) is 0 Å². The zero-order valence-electron chi connectivity index (χ0n) is 10.1. The molecule has 3 nitrogen and oxygen atoms in total. The van der Waals surface area contributed by atoms with Crippen LogP contribution in [0, 0.1) is 0 Å². The molecule has 4 heteroatoms. The summed E-state index contributed by atoms with van der Waals surface area (Å²) < 4.78 is 3.18. The van der Waals surface area contributed by atoms with Gasteiger partial charge in [0.15, 0.2) is 0 Å². The normalized spacial score (nSPS) is 14.9. The maximum Gasteiger partial charge on any atom is 0.0663 e. The molecule has 1 aliphatic carbocycles. The lowest BCUT2D eigenvalue weighted by molar-refractivity contribution is 0.593. The van der Waals surface area contributed by atoms with E-state index in [4.69, 9.17) is 0 Å². The first-order chi connectivity index (χ1) is 8.81. The first-order valence-electron chi connectivity index (χ1n) is 6.30. The molecule has 1 aromatic carbocycles. The van der Waals surface area contributed by atoms with E-state index in [9.17, 15) is 0 Å². The predicted molar refractivity (Wildman–Crippen MR) is 75.3 cm³/mol. The van der Waals surface area contributed by atoms with Crippen molar-refractivity contribution in [2.24, 2.45) is 0 Å². The number of hydrogen-bond acceptors (Lipinski definition) is 2. The van der Waals surface area contributed by atoms with Gasteiger partial charge in [0, 0.05) is 23.3 Å². The van der Waals surface area contributed by atoms with E-state index in [0.717, 1.165) is 23.6 Å². The third-order valence-corrected chi connectivity index (χ3v) is 3.67. The molecule has 0 spiro atoms. The average molecular weight is 306 g/mol. The Labute approximate surface area is 115 Å². The number of nitrogens with one attached hydrogen (secondary N) is 1. The first kappa shape index (κ1) is 11.9. The first-order valence-corrected chi connectivity index (χ1v) is 7.09. The van der Waals surface area contributed by atoms with Crippen LogP contribution in [0.1, 0.15) is 24.1 Å². The van der Waals surface area contributed by atoms with Crippen LogP contribution < -0.4 is 5.32 Å². The van der Waals surface area contributed by atoms with Gasteiger partial charge in [0.05, 0.1) is 12.2 Å². The van der Waals surface area contributed by atoms with Crippen LogP contribution >= 0.6 is 15.9 Å². The lowest BCUT2D eigenvalue weighted by Crippen LogP contribution is -2.18. The Balaban J connectivity index is 1.69. The van der Waals surface area contributed by atoms with Crippen molar-refractivity contribution in [2.45, 2.75) is 32.0 Å². The standard InChI is InChI=1S/C14H16BrN3/c15-12-3-1-2-11(8-12)10-18-14(6-7-17-18)9-16-13-4-5-13/h1-3,6-8,13,16H,4-5,9-10H2. The zero-order valence-corrected chi connectivity index (χ0v) is 11.7. The van der Waals surface area contributed by atoms with Crippen molar-refractivity contribution in [3.8, 4) is 0 Å². The van der Waals surface area contributed by atoms with Gasteiger partial charge in [-0.25, -0.2) is 0 Å². The van der Waals surface area contributed by atoms with Crippen LogP contribution in [0.15, 0.2) is 41.0 Å². The van der Waals surface area contributed by atoms with Gasteiger partial charge in [0.1, 0.15) is 0 Å². The summed E-state index contributed by atoms with van der Waals surface area (Å²) in [5, 5.41) is 7.93. The third-order valence-electron chi connectivity index (χ3n) is 3.18. The molecule has 0 bridgehead atoms. The Morgan fingerprint density at radius 1 is 1.33 bits per heavy atom. The number of benzene rings is 1. The molecule has 1 fully saturated rings. The second-order valence-corrected chi connectivity index (χ2v) is 5.68. The van der Waals surface area contributed by atoms with Crippen LogP contribution in [0.2, 0.25) is 0 Å². The SMILES string of the molecule is Brc1cccc(Cn2nccc2CNC2CC2)c1. The predicted octanol–water partition coefficient (Wildman–Crippen LogP) is 2.95. The second-order valence-electron chi connectivity index (χ2n) is 4.77. The Kier molecular flexibility index (Phi) is 3.48. The lowest BCUT2D eigenvalue weighted by atomic mass is 10.2. The Morgan fingerprint density at radius 3 is 3.00 bits per heavy atom. The third kappa shape index (κ3) is 3.00. The highest BCUT2D eigenvalue weighted by Gasteiger charge is 2.20. The molecule has 1 N–H and O–H groups in total. The second kappa shape index (κ2) is 5.24. The number of rotatable bonds is 5. The summed E-state index contributed by atoms with van der Waals surface area (Å²) in [6.45, 7) is 1.74. The molecule has 0 atom stereocenters. The molecule has 1 aliphatic rings. The van der Waals surface area contributed by atoms with Crippen molar-refractivity contribution in [3.05, 3.63) is 52.3 Å². The van der Waals surface area contributed by atoms with Gasteiger partial charge < -0.3 is 5.32 Å². The quantitative estimate of drug-likeness (QED) is 0.920. The van der Waals surface area contributed by atoms with E-state index in [0.29, 0.717) is 0 Å². The van der Waals surface area contributed by atoms with Gasteiger partial charge in [-0.3, -0.25) is 4.68 Å². The van der Waals surface area contributed by atoms with Crippen LogP contribution in [-0.2, 0) is 13.1 Å². The van der Waals surface area contributed by atoms with Crippen molar-refractivity contribution in [3.63, 3.8) is 0 Å². The summed E-state index contributed by atoms with van der Waals surface area (Å²) in [6, 6.07) is 11.2. The molecule has 0 amide bonds. The fraction of sp³-hybridized carbons (Fsp3) is 0.357. The van der Waals surface area contributed by atoms with Gasteiger partial charge in [0.25, 0.3) is 0 Å².